The Balaban J connectivity index is 1.39. The number of carboxylic acids is 1. The van der Waals surface area contributed by atoms with E-state index in [1.165, 1.54) is 0 Å². The van der Waals surface area contributed by atoms with E-state index in [-0.39, 0.29) is 31.3 Å². The molecule has 3 heterocycles. The van der Waals surface area contributed by atoms with Gasteiger partial charge in [-0.3, -0.25) is 9.48 Å². The summed E-state index contributed by atoms with van der Waals surface area (Å²) in [7, 11) is 0. The summed E-state index contributed by atoms with van der Waals surface area (Å²) in [6.07, 6.45) is 1.80. The molecule has 1 amide bonds. The van der Waals surface area contributed by atoms with Gasteiger partial charge in [-0.05, 0) is 61.0 Å². The lowest BCUT2D eigenvalue weighted by Crippen LogP contribution is -2.31. The van der Waals surface area contributed by atoms with Gasteiger partial charge >= 0.3 is 12.1 Å². The molecule has 220 valence electrons. The number of benzene rings is 3. The third kappa shape index (κ3) is 5.68. The minimum atomic E-state index is -0.928. The zero-order chi connectivity index (χ0) is 30.1. The number of amides is 1. The lowest BCUT2D eigenvalue weighted by molar-refractivity contribution is -0.136. The van der Waals surface area contributed by atoms with Crippen LogP contribution in [0.1, 0.15) is 37.6 Å². The van der Waals surface area contributed by atoms with E-state index < -0.39 is 5.97 Å². The second kappa shape index (κ2) is 11.6. The summed E-state index contributed by atoms with van der Waals surface area (Å²) in [6.45, 7) is 4.89. The molecular formula is C33H33N5O5. The predicted octanol–water partition coefficient (Wildman–Crippen LogP) is 5.83. The summed E-state index contributed by atoms with van der Waals surface area (Å²) in [4.78, 5) is 30.0. The highest BCUT2D eigenvalue weighted by atomic mass is 16.6. The molecule has 10 nitrogen and oxygen atoms in total. The summed E-state index contributed by atoms with van der Waals surface area (Å²) >= 11 is 0. The number of rotatable bonds is 8. The molecule has 0 spiro atoms. The number of pyridine rings is 1. The molecule has 1 aliphatic rings. The number of fused-ring (bicyclic) bond motifs is 2. The van der Waals surface area contributed by atoms with Crippen molar-refractivity contribution in [2.75, 3.05) is 18.8 Å². The van der Waals surface area contributed by atoms with Crippen LogP contribution in [0.5, 0.6) is 5.75 Å². The van der Waals surface area contributed by atoms with Crippen LogP contribution in [0.25, 0.3) is 32.8 Å². The number of anilines is 1. The van der Waals surface area contributed by atoms with Crippen LogP contribution >= 0.6 is 0 Å². The van der Waals surface area contributed by atoms with E-state index in [4.69, 9.17) is 20.3 Å². The number of nitrogens with two attached hydrogens (primary N) is 1. The average molecular weight is 580 g/mol. The highest BCUT2D eigenvalue weighted by Crippen LogP contribution is 2.35. The van der Waals surface area contributed by atoms with Crippen LogP contribution < -0.4 is 10.5 Å². The van der Waals surface area contributed by atoms with Crippen molar-refractivity contribution in [2.45, 2.75) is 45.4 Å². The third-order valence-corrected chi connectivity index (χ3v) is 7.71. The highest BCUT2D eigenvalue weighted by Gasteiger charge is 2.31. The second-order valence-electron chi connectivity index (χ2n) is 11.0. The number of carbonyl (C=O) groups excluding carboxylic acids is 1. The van der Waals surface area contributed by atoms with E-state index in [9.17, 15) is 14.7 Å². The number of carbonyl (C=O) groups is 2. The maximum atomic E-state index is 12.6. The number of nitrogens with zero attached hydrogens (tertiary/aromatic N) is 4. The lowest BCUT2D eigenvalue weighted by Gasteiger charge is -2.18. The first-order valence-corrected chi connectivity index (χ1v) is 14.3. The maximum absolute atomic E-state index is 12.6. The van der Waals surface area contributed by atoms with Gasteiger partial charge in [0.2, 0.25) is 0 Å². The largest absolute Gasteiger partial charge is 0.487 e. The number of aliphatic carboxylic acids is 1. The van der Waals surface area contributed by atoms with Crippen molar-refractivity contribution < 1.29 is 24.2 Å². The van der Waals surface area contributed by atoms with Crippen molar-refractivity contribution in [3.63, 3.8) is 0 Å². The van der Waals surface area contributed by atoms with E-state index in [2.05, 4.69) is 29.2 Å². The summed E-state index contributed by atoms with van der Waals surface area (Å²) in [6, 6.07) is 21.3. The molecule has 0 unspecified atom stereocenters. The summed E-state index contributed by atoms with van der Waals surface area (Å²) in [5, 5.41) is 17.2. The fourth-order valence-corrected chi connectivity index (χ4v) is 5.72. The van der Waals surface area contributed by atoms with Gasteiger partial charge in [0.15, 0.2) is 0 Å². The summed E-state index contributed by atoms with van der Waals surface area (Å²) in [5.74, 6) is 0.0523. The first kappa shape index (κ1) is 28.0. The zero-order valence-electron chi connectivity index (χ0n) is 24.1. The predicted molar refractivity (Wildman–Crippen MR) is 164 cm³/mol. The van der Waals surface area contributed by atoms with Gasteiger partial charge in [-0.2, -0.15) is 5.10 Å². The van der Waals surface area contributed by atoms with E-state index >= 15 is 0 Å². The van der Waals surface area contributed by atoms with Crippen LogP contribution in [-0.4, -0.2) is 56.0 Å². The van der Waals surface area contributed by atoms with E-state index in [0.717, 1.165) is 39.2 Å². The van der Waals surface area contributed by atoms with Gasteiger partial charge in [0.05, 0.1) is 24.1 Å². The lowest BCUT2D eigenvalue weighted by atomic mass is 9.97. The number of hydrogen-bond donors (Lipinski definition) is 2. The van der Waals surface area contributed by atoms with E-state index in [1.807, 2.05) is 42.8 Å². The topological polar surface area (TPSA) is 133 Å². The van der Waals surface area contributed by atoms with Gasteiger partial charge in [-0.1, -0.05) is 42.5 Å². The van der Waals surface area contributed by atoms with Gasteiger partial charge < -0.3 is 25.2 Å². The van der Waals surface area contributed by atoms with Gasteiger partial charge in [-0.15, -0.1) is 0 Å². The molecule has 0 radical (unpaired) electrons. The van der Waals surface area contributed by atoms with Crippen LogP contribution in [0.15, 0.2) is 72.9 Å². The Morgan fingerprint density at radius 3 is 2.70 bits per heavy atom. The van der Waals surface area contributed by atoms with Crippen molar-refractivity contribution in [1.29, 1.82) is 0 Å². The summed E-state index contributed by atoms with van der Waals surface area (Å²) in [5.41, 5.74) is 10.4. The maximum Gasteiger partial charge on any atom is 0.410 e. The quantitative estimate of drug-likeness (QED) is 0.235. The van der Waals surface area contributed by atoms with Crippen LogP contribution in [0, 0.1) is 0 Å². The standard InChI is InChI=1S/C33H33N5O5/c1-20(2)43-33(41)37-15-13-23(18-37)38-29-11-10-21(24-7-5-8-26-25(24)12-14-35-32(26)34)16-27(29)28(36-38)19-42-30-9-4-3-6-22(30)17-31(39)40/h3-12,14,16,20,23H,13,15,17-19H2,1-2H3,(H2,34,35)(H,39,40)/t23-/m1/s1. The molecule has 43 heavy (non-hydrogen) atoms. The Kier molecular flexibility index (Phi) is 7.58. The van der Waals surface area contributed by atoms with Crippen LogP contribution in [0.3, 0.4) is 0 Å². The molecule has 1 aliphatic heterocycles. The van der Waals surface area contributed by atoms with Crippen LogP contribution in [0.4, 0.5) is 10.6 Å². The van der Waals surface area contributed by atoms with Crippen LogP contribution in [-0.2, 0) is 22.6 Å². The van der Waals surface area contributed by atoms with Crippen molar-refractivity contribution >= 4 is 39.6 Å². The van der Waals surface area contributed by atoms with Gasteiger partial charge in [0, 0.05) is 35.6 Å². The molecular weight excluding hydrogens is 546 g/mol. The Morgan fingerprint density at radius 2 is 1.88 bits per heavy atom. The van der Waals surface area contributed by atoms with Crippen molar-refractivity contribution in [2.24, 2.45) is 0 Å². The molecule has 0 aliphatic carbocycles. The normalized spacial score (nSPS) is 15.0. The molecule has 3 N–H and O–H groups in total. The molecule has 0 saturated carbocycles. The molecule has 6 rings (SSSR count). The number of carboxylic acid groups (broad SMARTS) is 1. The Bertz CT molecular complexity index is 1830. The molecule has 1 saturated heterocycles. The van der Waals surface area contributed by atoms with Crippen molar-refractivity contribution in [3.8, 4) is 16.9 Å². The third-order valence-electron chi connectivity index (χ3n) is 7.71. The smallest absolute Gasteiger partial charge is 0.410 e. The number of aromatic nitrogens is 3. The van der Waals surface area contributed by atoms with Crippen molar-refractivity contribution in [1.82, 2.24) is 19.7 Å². The number of para-hydroxylation sites is 1. The number of likely N-dealkylation sites (tertiary alicyclic amines) is 1. The van der Waals surface area contributed by atoms with Gasteiger partial charge in [0.25, 0.3) is 0 Å². The first-order chi connectivity index (χ1) is 20.8. The molecule has 0 bridgehead atoms. The Hall–Kier alpha value is -5.12. The molecule has 1 fully saturated rings. The van der Waals surface area contributed by atoms with Gasteiger partial charge in [0.1, 0.15) is 23.9 Å². The van der Waals surface area contributed by atoms with E-state index in [1.54, 1.807) is 29.3 Å². The monoisotopic (exact) mass is 579 g/mol. The van der Waals surface area contributed by atoms with E-state index in [0.29, 0.717) is 35.9 Å². The Labute approximate surface area is 248 Å². The zero-order valence-corrected chi connectivity index (χ0v) is 24.1. The number of ether oxygens (including phenoxy) is 2. The number of hydrogen-bond acceptors (Lipinski definition) is 7. The number of nitrogen functional groups attached to an aromatic ring is 1. The SMILES string of the molecule is CC(C)OC(=O)N1CC[C@@H](n2nc(COc3ccccc3CC(=O)O)c3cc(-c4cccc5c(N)nccc45)ccc32)C1. The molecule has 1 atom stereocenters. The fourth-order valence-electron chi connectivity index (χ4n) is 5.72. The molecule has 10 heteroatoms. The first-order valence-electron chi connectivity index (χ1n) is 14.3. The molecule has 2 aromatic heterocycles. The summed E-state index contributed by atoms with van der Waals surface area (Å²) < 4.78 is 13.6. The second-order valence-corrected chi connectivity index (χ2v) is 11.0. The molecule has 5 aromatic rings. The Morgan fingerprint density at radius 1 is 1.05 bits per heavy atom. The molecule has 3 aromatic carbocycles. The fraction of sp³-hybridized carbons (Fsp3) is 0.273. The van der Waals surface area contributed by atoms with Gasteiger partial charge in [-0.25, -0.2) is 9.78 Å². The van der Waals surface area contributed by atoms with Crippen LogP contribution in [0.2, 0.25) is 0 Å². The average Bonchev–Trinajstić information content (AvgIpc) is 3.61. The van der Waals surface area contributed by atoms with Crippen molar-refractivity contribution in [3.05, 3.63) is 84.2 Å². The minimum absolute atomic E-state index is 0.0375. The minimum Gasteiger partial charge on any atom is -0.487 e. The highest BCUT2D eigenvalue weighted by molar-refractivity contribution is 6.02.